The number of ether oxygens (including phenoxy) is 1. The first-order valence-electron chi connectivity index (χ1n) is 8.86. The Morgan fingerprint density at radius 1 is 1.06 bits per heavy atom. The van der Waals surface area contributed by atoms with E-state index in [9.17, 15) is 28.1 Å². The van der Waals surface area contributed by atoms with Crippen molar-refractivity contribution in [3.63, 3.8) is 0 Å². The van der Waals surface area contributed by atoms with Gasteiger partial charge in [0.1, 0.15) is 16.5 Å². The average molecular weight is 463 g/mol. The van der Waals surface area contributed by atoms with Crippen LogP contribution in [0.1, 0.15) is 16.9 Å². The van der Waals surface area contributed by atoms with E-state index in [2.05, 4.69) is 4.99 Å². The molecule has 0 bridgehead atoms. The van der Waals surface area contributed by atoms with E-state index in [4.69, 9.17) is 20.8 Å². The Balaban J connectivity index is 1.62. The van der Waals surface area contributed by atoms with Crippen LogP contribution >= 0.6 is 11.6 Å². The third-order valence-corrected chi connectivity index (χ3v) is 4.71. The van der Waals surface area contributed by atoms with Gasteiger partial charge < -0.3 is 9.15 Å². The number of nitrogens with zero attached hydrogens (tertiary/aromatic N) is 2. The van der Waals surface area contributed by atoms with E-state index in [1.165, 1.54) is 42.5 Å². The fraction of sp³-hybridized carbons (Fsp3) is 0.0476. The number of carbonyl (C=O) groups is 1. The number of nitro benzene ring substituents is 1. The third-order valence-electron chi connectivity index (χ3n) is 4.39. The molecular formula is C21H10ClF3N2O5. The fourth-order valence-electron chi connectivity index (χ4n) is 2.89. The van der Waals surface area contributed by atoms with Crippen molar-refractivity contribution in [2.24, 2.45) is 4.99 Å². The first kappa shape index (κ1) is 21.3. The molecule has 0 amide bonds. The van der Waals surface area contributed by atoms with E-state index in [0.717, 1.165) is 18.2 Å². The predicted molar refractivity (Wildman–Crippen MR) is 108 cm³/mol. The zero-order valence-electron chi connectivity index (χ0n) is 15.7. The molecule has 4 rings (SSSR count). The van der Waals surface area contributed by atoms with Crippen LogP contribution in [0, 0.1) is 10.1 Å². The van der Waals surface area contributed by atoms with Gasteiger partial charge in [0.15, 0.2) is 5.70 Å². The number of aliphatic imine (C=N–C) groups is 1. The molecule has 0 N–H and O–H groups in total. The van der Waals surface area contributed by atoms with Gasteiger partial charge in [0.25, 0.3) is 5.69 Å². The van der Waals surface area contributed by atoms with Crippen molar-refractivity contribution in [1.29, 1.82) is 0 Å². The zero-order chi connectivity index (χ0) is 23.0. The van der Waals surface area contributed by atoms with Gasteiger partial charge in [-0.1, -0.05) is 23.7 Å². The van der Waals surface area contributed by atoms with E-state index < -0.39 is 22.6 Å². The maximum atomic E-state index is 12.9. The highest BCUT2D eigenvalue weighted by Gasteiger charge is 2.31. The van der Waals surface area contributed by atoms with Crippen LogP contribution in [0.5, 0.6) is 0 Å². The monoisotopic (exact) mass is 462 g/mol. The van der Waals surface area contributed by atoms with E-state index in [-0.39, 0.29) is 45.0 Å². The first-order chi connectivity index (χ1) is 15.1. The van der Waals surface area contributed by atoms with Gasteiger partial charge in [0, 0.05) is 23.3 Å². The smallest absolute Gasteiger partial charge is 0.416 e. The van der Waals surface area contributed by atoms with Crippen molar-refractivity contribution in [1.82, 2.24) is 0 Å². The minimum atomic E-state index is -4.50. The Hall–Kier alpha value is -3.92. The highest BCUT2D eigenvalue weighted by Crippen LogP contribution is 2.33. The number of esters is 1. The lowest BCUT2D eigenvalue weighted by atomic mass is 10.1. The SMILES string of the molecule is O=C1OC(c2ccc(Cl)c([N+](=O)[O-])c2)=N/C1=C/c1ccc(-c2cccc(C(F)(F)F)c2)o1. The maximum absolute atomic E-state index is 12.9. The molecule has 0 saturated carbocycles. The summed E-state index contributed by atoms with van der Waals surface area (Å²) in [5.74, 6) is -0.677. The first-order valence-corrected chi connectivity index (χ1v) is 9.24. The number of cyclic esters (lactones) is 1. The summed E-state index contributed by atoms with van der Waals surface area (Å²) in [6, 6.07) is 11.3. The number of furan rings is 1. The van der Waals surface area contributed by atoms with Crippen LogP contribution in [0.2, 0.25) is 5.02 Å². The number of benzene rings is 2. The molecule has 7 nitrogen and oxygen atoms in total. The van der Waals surface area contributed by atoms with Crippen LogP contribution in [0.3, 0.4) is 0 Å². The summed E-state index contributed by atoms with van der Waals surface area (Å²) in [6.07, 6.45) is -3.25. The number of hydrogen-bond donors (Lipinski definition) is 0. The third kappa shape index (κ3) is 4.26. The normalized spacial score (nSPS) is 15.1. The molecule has 11 heteroatoms. The second-order valence-corrected chi connectivity index (χ2v) is 6.95. The van der Waals surface area contributed by atoms with E-state index in [1.54, 1.807) is 0 Å². The molecule has 162 valence electrons. The zero-order valence-corrected chi connectivity index (χ0v) is 16.5. The van der Waals surface area contributed by atoms with Gasteiger partial charge in [-0.25, -0.2) is 9.79 Å². The summed E-state index contributed by atoms with van der Waals surface area (Å²) in [6.45, 7) is 0. The van der Waals surface area contributed by atoms with Gasteiger partial charge in [-0.15, -0.1) is 0 Å². The van der Waals surface area contributed by atoms with Crippen molar-refractivity contribution in [3.05, 3.63) is 92.3 Å². The highest BCUT2D eigenvalue weighted by atomic mass is 35.5. The molecule has 0 fully saturated rings. The fourth-order valence-corrected chi connectivity index (χ4v) is 3.07. The predicted octanol–water partition coefficient (Wildman–Crippen LogP) is 5.87. The average Bonchev–Trinajstić information content (AvgIpc) is 3.35. The van der Waals surface area contributed by atoms with Gasteiger partial charge in [-0.05, 0) is 36.4 Å². The lowest BCUT2D eigenvalue weighted by molar-refractivity contribution is -0.384. The molecule has 1 aliphatic rings. The standard InChI is InChI=1S/C21H10ClF3N2O5/c22-15-6-4-12(9-17(15)27(29)30)19-26-16(20(28)32-19)10-14-5-7-18(31-14)11-2-1-3-13(8-11)21(23,24)25/h1-10H/b16-10+. The van der Waals surface area contributed by atoms with Crippen LogP contribution in [-0.4, -0.2) is 16.8 Å². The second kappa shape index (κ2) is 7.97. The Kier molecular flexibility index (Phi) is 5.31. The molecule has 1 aliphatic heterocycles. The molecule has 0 spiro atoms. The van der Waals surface area contributed by atoms with Crippen LogP contribution in [0.25, 0.3) is 17.4 Å². The number of carbonyl (C=O) groups excluding carboxylic acids is 1. The van der Waals surface area contributed by atoms with E-state index in [0.29, 0.717) is 0 Å². The van der Waals surface area contributed by atoms with Gasteiger partial charge in [-0.2, -0.15) is 13.2 Å². The highest BCUT2D eigenvalue weighted by molar-refractivity contribution is 6.32. The lowest BCUT2D eigenvalue weighted by Gasteiger charge is -2.07. The molecule has 2 aromatic carbocycles. The maximum Gasteiger partial charge on any atom is 0.416 e. The number of nitro groups is 1. The Labute approximate surface area is 182 Å². The summed E-state index contributed by atoms with van der Waals surface area (Å²) >= 11 is 5.77. The molecule has 0 saturated heterocycles. The van der Waals surface area contributed by atoms with Crippen molar-refractivity contribution in [2.75, 3.05) is 0 Å². The molecule has 1 aromatic heterocycles. The van der Waals surface area contributed by atoms with Crippen molar-refractivity contribution in [2.45, 2.75) is 6.18 Å². The molecular weight excluding hydrogens is 453 g/mol. The van der Waals surface area contributed by atoms with E-state index >= 15 is 0 Å². The summed E-state index contributed by atoms with van der Waals surface area (Å²) < 4.78 is 49.3. The summed E-state index contributed by atoms with van der Waals surface area (Å²) in [5.41, 5.74) is -0.977. The topological polar surface area (TPSA) is 94.9 Å². The Morgan fingerprint density at radius 2 is 1.84 bits per heavy atom. The molecule has 0 unspecified atom stereocenters. The van der Waals surface area contributed by atoms with Crippen molar-refractivity contribution >= 4 is 35.2 Å². The molecule has 0 aliphatic carbocycles. The quantitative estimate of drug-likeness (QED) is 0.209. The Bertz CT molecular complexity index is 1310. The number of halogens is 4. The molecule has 2 heterocycles. The van der Waals surface area contributed by atoms with Crippen LogP contribution in [-0.2, 0) is 15.7 Å². The summed E-state index contributed by atoms with van der Waals surface area (Å²) in [7, 11) is 0. The minimum absolute atomic E-state index is 0.0860. The second-order valence-electron chi connectivity index (χ2n) is 6.54. The van der Waals surface area contributed by atoms with Gasteiger partial charge in [-0.3, -0.25) is 10.1 Å². The Morgan fingerprint density at radius 3 is 2.56 bits per heavy atom. The minimum Gasteiger partial charge on any atom is -0.457 e. The lowest BCUT2D eigenvalue weighted by Crippen LogP contribution is -2.06. The van der Waals surface area contributed by atoms with Crippen LogP contribution in [0.15, 0.2) is 69.7 Å². The van der Waals surface area contributed by atoms with Gasteiger partial charge >= 0.3 is 12.1 Å². The number of rotatable bonds is 4. The van der Waals surface area contributed by atoms with Crippen LogP contribution < -0.4 is 0 Å². The number of alkyl halides is 3. The largest absolute Gasteiger partial charge is 0.457 e. The summed E-state index contributed by atoms with van der Waals surface area (Å²) in [4.78, 5) is 26.5. The molecule has 0 radical (unpaired) electrons. The molecule has 32 heavy (non-hydrogen) atoms. The molecule has 0 atom stereocenters. The number of hydrogen-bond acceptors (Lipinski definition) is 6. The van der Waals surface area contributed by atoms with Gasteiger partial charge in [0.2, 0.25) is 5.90 Å². The summed E-state index contributed by atoms with van der Waals surface area (Å²) in [5, 5.41) is 11.0. The van der Waals surface area contributed by atoms with E-state index in [1.807, 2.05) is 0 Å². The molecule has 3 aromatic rings. The van der Waals surface area contributed by atoms with Crippen molar-refractivity contribution in [3.8, 4) is 11.3 Å². The van der Waals surface area contributed by atoms with Crippen LogP contribution in [0.4, 0.5) is 18.9 Å². The van der Waals surface area contributed by atoms with Gasteiger partial charge in [0.05, 0.1) is 10.5 Å². The van der Waals surface area contributed by atoms with Crippen molar-refractivity contribution < 1.29 is 32.0 Å².